The highest BCUT2D eigenvalue weighted by Gasteiger charge is 2.37. The zero-order valence-electron chi connectivity index (χ0n) is 19.2. The van der Waals surface area contributed by atoms with Crippen LogP contribution >= 0.6 is 0 Å². The molecule has 0 spiro atoms. The van der Waals surface area contributed by atoms with Gasteiger partial charge in [0.15, 0.2) is 6.04 Å². The minimum atomic E-state index is -1.05. The van der Waals surface area contributed by atoms with Gasteiger partial charge in [-0.1, -0.05) is 59.7 Å². The van der Waals surface area contributed by atoms with E-state index < -0.39 is 12.0 Å². The highest BCUT2D eigenvalue weighted by atomic mass is 16.4. The number of phenolic OH excluding ortho intramolecular Hbond substituents is 1. The second-order valence-electron chi connectivity index (χ2n) is 10.8. The number of quaternary nitrogens is 1. The number of carboxylic acid groups (broad SMARTS) is 1. The SMILES string of the molecule is CC(C)(C)c1cc(C2[NH2+]C(C(=O)[O-])Cc3c2[nH]c2ccccc32)cc(C(C)(C)C)c1O. The van der Waals surface area contributed by atoms with Gasteiger partial charge in [0, 0.05) is 34.0 Å². The van der Waals surface area contributed by atoms with E-state index in [9.17, 15) is 15.0 Å². The molecule has 0 saturated heterocycles. The van der Waals surface area contributed by atoms with Crippen molar-refractivity contribution in [2.24, 2.45) is 0 Å². The van der Waals surface area contributed by atoms with Gasteiger partial charge in [-0.25, -0.2) is 0 Å². The molecule has 2 aromatic carbocycles. The maximum atomic E-state index is 11.9. The Kier molecular flexibility index (Phi) is 4.93. The Morgan fingerprint density at radius 1 is 1.06 bits per heavy atom. The van der Waals surface area contributed by atoms with Crippen molar-refractivity contribution in [2.45, 2.75) is 70.9 Å². The summed E-state index contributed by atoms with van der Waals surface area (Å²) in [6.45, 7) is 12.5. The molecule has 1 aliphatic heterocycles. The Balaban J connectivity index is 1.98. The molecule has 4 N–H and O–H groups in total. The molecule has 1 aliphatic rings. The van der Waals surface area contributed by atoms with Crippen molar-refractivity contribution in [1.82, 2.24) is 4.98 Å². The van der Waals surface area contributed by atoms with Crippen molar-refractivity contribution in [1.29, 1.82) is 0 Å². The molecular weight excluding hydrogens is 388 g/mol. The topological polar surface area (TPSA) is 92.8 Å². The van der Waals surface area contributed by atoms with Crippen LogP contribution in [0.4, 0.5) is 0 Å². The molecule has 1 aromatic heterocycles. The van der Waals surface area contributed by atoms with E-state index in [-0.39, 0.29) is 16.9 Å². The number of benzene rings is 2. The molecule has 2 heterocycles. The summed E-state index contributed by atoms with van der Waals surface area (Å²) in [5.41, 5.74) is 5.30. The van der Waals surface area contributed by atoms with Crippen LogP contribution in [0.3, 0.4) is 0 Å². The van der Waals surface area contributed by atoms with Crippen LogP contribution in [0.1, 0.15) is 75.5 Å². The number of para-hydroxylation sites is 1. The Hall–Kier alpha value is -2.79. The van der Waals surface area contributed by atoms with Crippen molar-refractivity contribution in [3.05, 3.63) is 64.3 Å². The number of carbonyl (C=O) groups excluding carboxylic acids is 1. The Morgan fingerprint density at radius 3 is 2.19 bits per heavy atom. The fraction of sp³-hybridized carbons (Fsp3) is 0.423. The summed E-state index contributed by atoms with van der Waals surface area (Å²) in [5.74, 6) is -0.723. The second-order valence-corrected chi connectivity index (χ2v) is 10.8. The molecule has 2 atom stereocenters. The quantitative estimate of drug-likeness (QED) is 0.595. The number of nitrogens with one attached hydrogen (secondary N) is 1. The first-order chi connectivity index (χ1) is 14.4. The van der Waals surface area contributed by atoms with Crippen LogP contribution in [0, 0.1) is 0 Å². The van der Waals surface area contributed by atoms with Gasteiger partial charge in [0.2, 0.25) is 0 Å². The number of rotatable bonds is 2. The number of carbonyl (C=O) groups is 1. The molecule has 5 nitrogen and oxygen atoms in total. The third-order valence-electron chi connectivity index (χ3n) is 6.42. The van der Waals surface area contributed by atoms with Crippen LogP contribution in [-0.2, 0) is 22.0 Å². The van der Waals surface area contributed by atoms with Gasteiger partial charge in [0.05, 0.1) is 11.7 Å². The van der Waals surface area contributed by atoms with Gasteiger partial charge >= 0.3 is 0 Å². The molecule has 0 saturated carbocycles. The molecule has 0 radical (unpaired) electrons. The average molecular weight is 421 g/mol. The maximum Gasteiger partial charge on any atom is 0.153 e. The van der Waals surface area contributed by atoms with E-state index in [1.54, 1.807) is 0 Å². The molecule has 164 valence electrons. The lowest BCUT2D eigenvalue weighted by atomic mass is 9.77. The minimum absolute atomic E-state index is 0.221. The number of phenols is 1. The van der Waals surface area contributed by atoms with Crippen molar-refractivity contribution in [3.8, 4) is 5.75 Å². The van der Waals surface area contributed by atoms with Crippen LogP contribution in [0.2, 0.25) is 0 Å². The van der Waals surface area contributed by atoms with Crippen molar-refractivity contribution >= 4 is 16.9 Å². The molecular formula is C26H32N2O3. The van der Waals surface area contributed by atoms with Gasteiger partial charge < -0.3 is 25.3 Å². The van der Waals surface area contributed by atoms with Gasteiger partial charge in [0.25, 0.3) is 0 Å². The molecule has 3 aromatic rings. The van der Waals surface area contributed by atoms with E-state index in [4.69, 9.17) is 0 Å². The zero-order valence-corrected chi connectivity index (χ0v) is 19.2. The van der Waals surface area contributed by atoms with Crippen LogP contribution in [0.15, 0.2) is 36.4 Å². The van der Waals surface area contributed by atoms with Crippen molar-refractivity contribution in [2.75, 3.05) is 0 Å². The average Bonchev–Trinajstić information content (AvgIpc) is 3.04. The van der Waals surface area contributed by atoms with Gasteiger partial charge in [-0.05, 0) is 34.6 Å². The van der Waals surface area contributed by atoms with E-state index in [1.807, 2.05) is 41.7 Å². The van der Waals surface area contributed by atoms with E-state index in [0.717, 1.165) is 38.9 Å². The van der Waals surface area contributed by atoms with Gasteiger partial charge in [-0.15, -0.1) is 0 Å². The largest absolute Gasteiger partial charge is 0.544 e. The summed E-state index contributed by atoms with van der Waals surface area (Å²) in [4.78, 5) is 15.5. The van der Waals surface area contributed by atoms with E-state index in [2.05, 4.69) is 46.5 Å². The first kappa shape index (κ1) is 21.4. The monoisotopic (exact) mass is 420 g/mol. The molecule has 31 heavy (non-hydrogen) atoms. The second kappa shape index (κ2) is 7.13. The minimum Gasteiger partial charge on any atom is -0.544 e. The number of nitrogens with two attached hydrogens (primary N) is 1. The fourth-order valence-corrected chi connectivity index (χ4v) is 4.74. The van der Waals surface area contributed by atoms with Crippen LogP contribution in [0.5, 0.6) is 5.75 Å². The Morgan fingerprint density at radius 2 is 1.65 bits per heavy atom. The zero-order chi connectivity index (χ0) is 22.7. The predicted molar refractivity (Wildman–Crippen MR) is 120 cm³/mol. The van der Waals surface area contributed by atoms with Crippen molar-refractivity contribution in [3.63, 3.8) is 0 Å². The Bertz CT molecular complexity index is 1130. The van der Waals surface area contributed by atoms with Crippen LogP contribution in [-0.4, -0.2) is 22.1 Å². The maximum absolute atomic E-state index is 11.9. The number of carboxylic acids is 1. The molecule has 0 amide bonds. The fourth-order valence-electron chi connectivity index (χ4n) is 4.74. The van der Waals surface area contributed by atoms with E-state index >= 15 is 0 Å². The first-order valence-corrected chi connectivity index (χ1v) is 10.9. The lowest BCUT2D eigenvalue weighted by molar-refractivity contribution is -0.717. The number of fused-ring (bicyclic) bond motifs is 3. The highest BCUT2D eigenvalue weighted by Crippen LogP contribution is 2.42. The number of aromatic hydroxyl groups is 1. The summed E-state index contributed by atoms with van der Waals surface area (Å²) in [6, 6.07) is 11.2. The molecule has 2 unspecified atom stereocenters. The first-order valence-electron chi connectivity index (χ1n) is 10.9. The third-order valence-corrected chi connectivity index (χ3v) is 6.42. The Labute approximate surface area is 183 Å². The number of aromatic amines is 1. The summed E-state index contributed by atoms with van der Waals surface area (Å²) < 4.78 is 0. The van der Waals surface area contributed by atoms with Crippen LogP contribution < -0.4 is 10.4 Å². The van der Waals surface area contributed by atoms with Gasteiger partial charge in [-0.2, -0.15) is 0 Å². The van der Waals surface area contributed by atoms with Gasteiger partial charge in [-0.3, -0.25) is 0 Å². The number of aromatic nitrogens is 1. The predicted octanol–water partition coefficient (Wildman–Crippen LogP) is 2.80. The summed E-state index contributed by atoms with van der Waals surface area (Å²) >= 11 is 0. The van der Waals surface area contributed by atoms with E-state index in [1.165, 1.54) is 0 Å². The van der Waals surface area contributed by atoms with Crippen molar-refractivity contribution < 1.29 is 20.3 Å². The number of H-pyrrole nitrogens is 1. The molecule has 0 bridgehead atoms. The molecule has 5 heteroatoms. The van der Waals surface area contributed by atoms with Gasteiger partial charge in [0.1, 0.15) is 11.8 Å². The summed E-state index contributed by atoms with van der Waals surface area (Å²) in [6.07, 6.45) is 0.425. The smallest absolute Gasteiger partial charge is 0.153 e. The number of aliphatic carboxylic acids is 1. The highest BCUT2D eigenvalue weighted by molar-refractivity contribution is 5.86. The number of hydrogen-bond donors (Lipinski definition) is 3. The number of hydrogen-bond acceptors (Lipinski definition) is 3. The van der Waals surface area contributed by atoms with E-state index in [0.29, 0.717) is 12.2 Å². The molecule has 4 rings (SSSR count). The third kappa shape index (κ3) is 3.72. The normalized spacial score (nSPS) is 19.4. The molecule has 0 fully saturated rings. The lowest BCUT2D eigenvalue weighted by Crippen LogP contribution is -2.95. The van der Waals surface area contributed by atoms with Crippen LogP contribution in [0.25, 0.3) is 10.9 Å². The summed E-state index contributed by atoms with van der Waals surface area (Å²) in [5, 5.41) is 26.0. The summed E-state index contributed by atoms with van der Waals surface area (Å²) in [7, 11) is 0. The lowest BCUT2D eigenvalue weighted by Gasteiger charge is -2.32. The molecule has 0 aliphatic carbocycles. The standard InChI is InChI=1S/C26H32N2O3/c1-25(2,3)17-11-14(12-18(23(17)29)26(4,5)6)21-22-16(13-20(28-21)24(30)31)15-9-7-8-10-19(15)27-22/h7-12,20-21,27-29H,13H2,1-6H3,(H,30,31).